The molecule has 3 nitrogen and oxygen atoms in total. The van der Waals surface area contributed by atoms with Gasteiger partial charge in [0.05, 0.1) is 5.97 Å². The van der Waals surface area contributed by atoms with Gasteiger partial charge in [-0.2, -0.15) is 0 Å². The van der Waals surface area contributed by atoms with Crippen LogP contribution in [0.1, 0.15) is 15.9 Å². The SMILES string of the molecule is O=C([O-])c1ccc(COc2ccc(Cl)cc2)cc1. The Morgan fingerprint density at radius 2 is 1.67 bits per heavy atom. The molecule has 0 saturated heterocycles. The van der Waals surface area contributed by atoms with Crippen LogP contribution in [-0.2, 0) is 6.61 Å². The lowest BCUT2D eigenvalue weighted by Gasteiger charge is -2.07. The summed E-state index contributed by atoms with van der Waals surface area (Å²) in [4.78, 5) is 10.6. The second-order valence-corrected chi connectivity index (χ2v) is 4.16. The van der Waals surface area contributed by atoms with E-state index >= 15 is 0 Å². The highest BCUT2D eigenvalue weighted by molar-refractivity contribution is 6.30. The summed E-state index contributed by atoms with van der Waals surface area (Å²) in [6, 6.07) is 13.4. The number of ether oxygens (including phenoxy) is 1. The Balaban J connectivity index is 1.97. The molecule has 0 amide bonds. The minimum atomic E-state index is -1.18. The number of rotatable bonds is 4. The van der Waals surface area contributed by atoms with Gasteiger partial charge in [-0.3, -0.25) is 0 Å². The predicted molar refractivity (Wildman–Crippen MR) is 66.6 cm³/mol. The molecule has 0 radical (unpaired) electrons. The number of hydrogen-bond donors (Lipinski definition) is 0. The van der Waals surface area contributed by atoms with E-state index in [-0.39, 0.29) is 5.56 Å². The zero-order valence-corrected chi connectivity index (χ0v) is 10.2. The second kappa shape index (κ2) is 5.56. The molecule has 0 aromatic heterocycles. The number of carbonyl (C=O) groups excluding carboxylic acids is 1. The number of benzene rings is 2. The van der Waals surface area contributed by atoms with Crippen LogP contribution in [0.15, 0.2) is 48.5 Å². The Morgan fingerprint density at radius 3 is 2.22 bits per heavy atom. The van der Waals surface area contributed by atoms with Gasteiger partial charge in [-0.15, -0.1) is 0 Å². The van der Waals surface area contributed by atoms with E-state index in [4.69, 9.17) is 16.3 Å². The normalized spacial score (nSPS) is 10.1. The Kier molecular flexibility index (Phi) is 3.85. The molecule has 92 valence electrons. The quantitative estimate of drug-likeness (QED) is 0.848. The van der Waals surface area contributed by atoms with Gasteiger partial charge in [0.1, 0.15) is 12.4 Å². The van der Waals surface area contributed by atoms with E-state index in [0.29, 0.717) is 17.4 Å². The minimum absolute atomic E-state index is 0.158. The van der Waals surface area contributed by atoms with Gasteiger partial charge in [0.25, 0.3) is 0 Å². The van der Waals surface area contributed by atoms with E-state index in [0.717, 1.165) is 5.56 Å². The fourth-order valence-corrected chi connectivity index (χ4v) is 1.56. The number of carbonyl (C=O) groups is 1. The van der Waals surface area contributed by atoms with Crippen LogP contribution in [0.2, 0.25) is 5.02 Å². The molecule has 2 rings (SSSR count). The summed E-state index contributed by atoms with van der Waals surface area (Å²) >= 11 is 5.76. The maximum atomic E-state index is 10.6. The zero-order valence-electron chi connectivity index (χ0n) is 9.43. The van der Waals surface area contributed by atoms with Crippen LogP contribution in [0.4, 0.5) is 0 Å². The fraction of sp³-hybridized carbons (Fsp3) is 0.0714. The summed E-state index contributed by atoms with van der Waals surface area (Å²) in [6.45, 7) is 0.370. The van der Waals surface area contributed by atoms with Gasteiger partial charge in [-0.05, 0) is 35.4 Å². The molecule has 0 bridgehead atoms. The van der Waals surface area contributed by atoms with Gasteiger partial charge in [-0.1, -0.05) is 35.9 Å². The lowest BCUT2D eigenvalue weighted by Crippen LogP contribution is -2.22. The third-order valence-corrected chi connectivity index (χ3v) is 2.66. The van der Waals surface area contributed by atoms with E-state index in [1.807, 2.05) is 0 Å². The molecule has 0 heterocycles. The van der Waals surface area contributed by atoms with Gasteiger partial charge in [0.15, 0.2) is 0 Å². The minimum Gasteiger partial charge on any atom is -0.545 e. The van der Waals surface area contributed by atoms with Crippen LogP contribution in [-0.4, -0.2) is 5.97 Å². The summed E-state index contributed by atoms with van der Waals surface area (Å²) in [6.07, 6.45) is 0. The molecule has 0 unspecified atom stereocenters. The molecule has 0 aliphatic heterocycles. The van der Waals surface area contributed by atoms with Crippen molar-refractivity contribution in [3.05, 3.63) is 64.7 Å². The number of carboxylic acids is 1. The van der Waals surface area contributed by atoms with E-state index in [1.54, 1.807) is 36.4 Å². The summed E-state index contributed by atoms with van der Waals surface area (Å²) in [5.74, 6) is -0.469. The molecule has 18 heavy (non-hydrogen) atoms. The van der Waals surface area contributed by atoms with Crippen molar-refractivity contribution in [1.29, 1.82) is 0 Å². The highest BCUT2D eigenvalue weighted by atomic mass is 35.5. The first-order chi connectivity index (χ1) is 8.65. The van der Waals surface area contributed by atoms with E-state index in [9.17, 15) is 9.90 Å². The molecule has 0 saturated carbocycles. The third kappa shape index (κ3) is 3.25. The molecule has 0 N–H and O–H groups in total. The van der Waals surface area contributed by atoms with Crippen molar-refractivity contribution in [2.75, 3.05) is 0 Å². The average Bonchev–Trinajstić information content (AvgIpc) is 2.38. The van der Waals surface area contributed by atoms with Gasteiger partial charge in [-0.25, -0.2) is 0 Å². The van der Waals surface area contributed by atoms with Gasteiger partial charge in [0.2, 0.25) is 0 Å². The van der Waals surface area contributed by atoms with Crippen molar-refractivity contribution < 1.29 is 14.6 Å². The number of aromatic carboxylic acids is 1. The largest absolute Gasteiger partial charge is 0.545 e. The third-order valence-electron chi connectivity index (χ3n) is 2.41. The Hall–Kier alpha value is -2.00. The first-order valence-electron chi connectivity index (χ1n) is 5.34. The van der Waals surface area contributed by atoms with Crippen molar-refractivity contribution in [2.24, 2.45) is 0 Å². The summed E-state index contributed by atoms with van der Waals surface area (Å²) in [5.41, 5.74) is 1.04. The lowest BCUT2D eigenvalue weighted by molar-refractivity contribution is -0.255. The fourth-order valence-electron chi connectivity index (χ4n) is 1.43. The smallest absolute Gasteiger partial charge is 0.119 e. The number of hydrogen-bond acceptors (Lipinski definition) is 3. The topological polar surface area (TPSA) is 49.4 Å². The molecule has 4 heteroatoms. The van der Waals surface area contributed by atoms with Crippen molar-refractivity contribution in [3.8, 4) is 5.75 Å². The molecule has 0 atom stereocenters. The Morgan fingerprint density at radius 1 is 1.06 bits per heavy atom. The van der Waals surface area contributed by atoms with E-state index in [2.05, 4.69) is 0 Å². The lowest BCUT2D eigenvalue weighted by atomic mass is 10.1. The van der Waals surface area contributed by atoms with Crippen LogP contribution in [0, 0.1) is 0 Å². The van der Waals surface area contributed by atoms with Crippen LogP contribution < -0.4 is 9.84 Å². The van der Waals surface area contributed by atoms with Gasteiger partial charge >= 0.3 is 0 Å². The maximum Gasteiger partial charge on any atom is 0.119 e. The predicted octanol–water partition coefficient (Wildman–Crippen LogP) is 2.28. The zero-order chi connectivity index (χ0) is 13.0. The molecule has 0 aliphatic carbocycles. The molecule has 0 fully saturated rings. The number of carboxylic acid groups (broad SMARTS) is 1. The number of halogens is 1. The van der Waals surface area contributed by atoms with Crippen LogP contribution >= 0.6 is 11.6 Å². The molecule has 0 spiro atoms. The summed E-state index contributed by atoms with van der Waals surface area (Å²) in [5, 5.41) is 11.2. The van der Waals surface area contributed by atoms with Crippen molar-refractivity contribution in [2.45, 2.75) is 6.61 Å². The van der Waals surface area contributed by atoms with Gasteiger partial charge in [0, 0.05) is 5.02 Å². The molecular weight excluding hydrogens is 252 g/mol. The van der Waals surface area contributed by atoms with Crippen molar-refractivity contribution in [1.82, 2.24) is 0 Å². The van der Waals surface area contributed by atoms with Crippen LogP contribution in [0.3, 0.4) is 0 Å². The van der Waals surface area contributed by atoms with Crippen molar-refractivity contribution in [3.63, 3.8) is 0 Å². The molecular formula is C14H10ClO3-. The standard InChI is InChI=1S/C14H11ClO3/c15-12-5-7-13(8-6-12)18-9-10-1-3-11(4-2-10)14(16)17/h1-8H,9H2,(H,16,17)/p-1. The first-order valence-corrected chi connectivity index (χ1v) is 5.71. The van der Waals surface area contributed by atoms with Gasteiger partial charge < -0.3 is 14.6 Å². The Bertz CT molecular complexity index is 532. The highest BCUT2D eigenvalue weighted by Gasteiger charge is 1.98. The summed E-state index contributed by atoms with van der Waals surface area (Å²) in [7, 11) is 0. The maximum absolute atomic E-state index is 10.6. The monoisotopic (exact) mass is 261 g/mol. The van der Waals surface area contributed by atoms with E-state index in [1.165, 1.54) is 12.1 Å². The molecule has 0 aliphatic rings. The second-order valence-electron chi connectivity index (χ2n) is 3.73. The first kappa shape index (κ1) is 12.5. The summed E-state index contributed by atoms with van der Waals surface area (Å²) < 4.78 is 5.53. The van der Waals surface area contributed by atoms with Crippen LogP contribution in [0.25, 0.3) is 0 Å². The highest BCUT2D eigenvalue weighted by Crippen LogP contribution is 2.17. The Labute approximate surface area is 110 Å². The van der Waals surface area contributed by atoms with Crippen molar-refractivity contribution >= 4 is 17.6 Å². The van der Waals surface area contributed by atoms with Crippen LogP contribution in [0.5, 0.6) is 5.75 Å². The van der Waals surface area contributed by atoms with E-state index < -0.39 is 5.97 Å². The molecule has 2 aromatic carbocycles. The molecule has 2 aromatic rings. The average molecular weight is 262 g/mol.